The van der Waals surface area contributed by atoms with Crippen molar-refractivity contribution in [1.29, 1.82) is 0 Å². The van der Waals surface area contributed by atoms with Gasteiger partial charge in [0.2, 0.25) is 0 Å². The smallest absolute Gasteiger partial charge is 0.306 e. The van der Waals surface area contributed by atoms with Gasteiger partial charge in [0, 0.05) is 31.6 Å². The molecule has 0 saturated heterocycles. The van der Waals surface area contributed by atoms with Crippen LogP contribution in [0.15, 0.2) is 23.1 Å². The molecule has 1 aliphatic heterocycles. The zero-order valence-corrected chi connectivity index (χ0v) is 18.5. The average molecular weight is 425 g/mol. The number of fused-ring (bicyclic) bond motifs is 1. The van der Waals surface area contributed by atoms with Crippen molar-refractivity contribution in [2.45, 2.75) is 64.0 Å². The minimum absolute atomic E-state index is 0.0721. The molecule has 160 valence electrons. The van der Waals surface area contributed by atoms with Gasteiger partial charge in [-0.3, -0.25) is 14.4 Å². The van der Waals surface area contributed by atoms with Crippen molar-refractivity contribution in [2.75, 3.05) is 13.6 Å². The summed E-state index contributed by atoms with van der Waals surface area (Å²) in [4.78, 5) is 38.1. The molecule has 1 aromatic carbocycles. The van der Waals surface area contributed by atoms with E-state index in [4.69, 9.17) is 4.74 Å². The summed E-state index contributed by atoms with van der Waals surface area (Å²) in [6.45, 7) is 8.89. The second kappa shape index (κ2) is 8.14. The van der Waals surface area contributed by atoms with Crippen LogP contribution in [0, 0.1) is 0 Å². The van der Waals surface area contributed by atoms with E-state index in [1.807, 2.05) is 0 Å². The van der Waals surface area contributed by atoms with E-state index in [0.29, 0.717) is 13.0 Å². The third-order valence-corrected chi connectivity index (χ3v) is 6.31. The third-order valence-electron chi connectivity index (χ3n) is 4.31. The summed E-state index contributed by atoms with van der Waals surface area (Å²) in [7, 11) is -2.40. The number of nitrogens with zero attached hydrogens (tertiary/aromatic N) is 2. The molecule has 0 atom stereocenters. The number of carbonyl (C=O) groups excluding carboxylic acids is 3. The molecule has 2 rings (SSSR count). The Morgan fingerprint density at radius 2 is 1.83 bits per heavy atom. The van der Waals surface area contributed by atoms with Gasteiger partial charge in [0.25, 0.3) is 21.8 Å². The van der Waals surface area contributed by atoms with Crippen LogP contribution in [0.1, 0.15) is 68.2 Å². The van der Waals surface area contributed by atoms with Gasteiger partial charge in [-0.15, -0.1) is 0 Å². The number of esters is 1. The molecule has 0 radical (unpaired) electrons. The number of hydrogen-bond acceptors (Lipinski definition) is 6. The highest BCUT2D eigenvalue weighted by molar-refractivity contribution is 7.90. The van der Waals surface area contributed by atoms with Gasteiger partial charge in [-0.25, -0.2) is 12.7 Å². The number of ether oxygens (including phenoxy) is 1. The zero-order chi connectivity index (χ0) is 22.1. The highest BCUT2D eigenvalue weighted by Gasteiger charge is 2.43. The number of carbonyl (C=O) groups is 3. The summed E-state index contributed by atoms with van der Waals surface area (Å²) >= 11 is 0. The van der Waals surface area contributed by atoms with E-state index in [2.05, 4.69) is 0 Å². The van der Waals surface area contributed by atoms with Crippen LogP contribution in [0.2, 0.25) is 0 Å². The van der Waals surface area contributed by atoms with Crippen molar-refractivity contribution < 1.29 is 27.5 Å². The number of benzene rings is 1. The molecular weight excluding hydrogens is 396 g/mol. The van der Waals surface area contributed by atoms with Gasteiger partial charge >= 0.3 is 5.97 Å². The van der Waals surface area contributed by atoms with E-state index in [1.165, 1.54) is 23.1 Å². The van der Waals surface area contributed by atoms with Crippen molar-refractivity contribution in [2.24, 2.45) is 0 Å². The van der Waals surface area contributed by atoms with Gasteiger partial charge in [-0.1, -0.05) is 0 Å². The second-order valence-corrected chi connectivity index (χ2v) is 10.1. The Bertz CT molecular complexity index is 931. The Morgan fingerprint density at radius 3 is 2.38 bits per heavy atom. The molecule has 0 N–H and O–H groups in total. The molecule has 0 spiro atoms. The van der Waals surface area contributed by atoms with Crippen LogP contribution in [0.4, 0.5) is 0 Å². The van der Waals surface area contributed by atoms with E-state index in [0.717, 1.165) is 4.31 Å². The molecule has 0 aliphatic carbocycles. The summed E-state index contributed by atoms with van der Waals surface area (Å²) in [5.74, 6) is -1.31. The van der Waals surface area contributed by atoms with Crippen LogP contribution in [0.25, 0.3) is 0 Å². The fourth-order valence-electron chi connectivity index (χ4n) is 3.07. The normalized spacial score (nSPS) is 15.4. The van der Waals surface area contributed by atoms with Crippen LogP contribution in [-0.4, -0.2) is 60.6 Å². The van der Waals surface area contributed by atoms with Crippen molar-refractivity contribution in [3.8, 4) is 0 Å². The van der Waals surface area contributed by atoms with E-state index >= 15 is 0 Å². The maximum absolute atomic E-state index is 12.7. The Balaban J connectivity index is 2.09. The van der Waals surface area contributed by atoms with Gasteiger partial charge < -0.3 is 9.64 Å². The topological polar surface area (TPSA) is 101 Å². The summed E-state index contributed by atoms with van der Waals surface area (Å²) in [6, 6.07) is 3.55. The van der Waals surface area contributed by atoms with E-state index in [9.17, 15) is 22.8 Å². The fourth-order valence-corrected chi connectivity index (χ4v) is 4.86. The lowest BCUT2D eigenvalue weighted by Gasteiger charge is -2.20. The Hall–Kier alpha value is -2.42. The van der Waals surface area contributed by atoms with Gasteiger partial charge in [-0.05, 0) is 59.2 Å². The van der Waals surface area contributed by atoms with Crippen LogP contribution in [0.5, 0.6) is 0 Å². The van der Waals surface area contributed by atoms with Crippen molar-refractivity contribution in [3.05, 3.63) is 29.3 Å². The number of sulfonamides is 1. The van der Waals surface area contributed by atoms with E-state index < -0.39 is 27.6 Å². The molecule has 0 bridgehead atoms. The number of amides is 2. The predicted octanol–water partition coefficient (Wildman–Crippen LogP) is 2.43. The maximum atomic E-state index is 12.7. The first-order valence-electron chi connectivity index (χ1n) is 9.46. The molecule has 1 aromatic rings. The molecule has 0 aromatic heterocycles. The second-order valence-electron chi connectivity index (χ2n) is 8.33. The number of hydrogen-bond donors (Lipinski definition) is 0. The molecule has 1 aliphatic rings. The molecule has 8 nitrogen and oxygen atoms in total. The summed E-state index contributed by atoms with van der Waals surface area (Å²) in [5.41, 5.74) is -0.316. The standard InChI is InChI=1S/C20H28N2O6S/c1-13(2)22-19(25)15-10-9-14(12-16(15)29(22,26)27)18(24)21(6)11-7-8-17(23)28-20(3,4)5/h9-10,12-13H,7-8,11H2,1-6H3. The van der Waals surface area contributed by atoms with E-state index in [1.54, 1.807) is 41.7 Å². The predicted molar refractivity (Wildman–Crippen MR) is 107 cm³/mol. The van der Waals surface area contributed by atoms with Gasteiger partial charge in [-0.2, -0.15) is 0 Å². The molecule has 0 unspecified atom stereocenters. The minimum Gasteiger partial charge on any atom is -0.460 e. The lowest BCUT2D eigenvalue weighted by Crippen LogP contribution is -2.36. The molecule has 9 heteroatoms. The Labute approximate surface area is 171 Å². The van der Waals surface area contributed by atoms with Crippen LogP contribution >= 0.6 is 0 Å². The summed E-state index contributed by atoms with van der Waals surface area (Å²) in [5, 5.41) is 0. The number of rotatable bonds is 6. The summed E-state index contributed by atoms with van der Waals surface area (Å²) in [6.07, 6.45) is 0.589. The fraction of sp³-hybridized carbons (Fsp3) is 0.550. The first-order chi connectivity index (χ1) is 13.3. The van der Waals surface area contributed by atoms with Gasteiger partial charge in [0.1, 0.15) is 10.5 Å². The molecule has 0 saturated carbocycles. The van der Waals surface area contributed by atoms with E-state index in [-0.39, 0.29) is 34.3 Å². The maximum Gasteiger partial charge on any atom is 0.306 e. The van der Waals surface area contributed by atoms with Gasteiger partial charge in [0.05, 0.1) is 5.56 Å². The quantitative estimate of drug-likeness (QED) is 0.650. The molecule has 1 heterocycles. The average Bonchev–Trinajstić information content (AvgIpc) is 2.78. The van der Waals surface area contributed by atoms with Crippen molar-refractivity contribution in [1.82, 2.24) is 9.21 Å². The van der Waals surface area contributed by atoms with Crippen molar-refractivity contribution in [3.63, 3.8) is 0 Å². The molecule has 2 amide bonds. The van der Waals surface area contributed by atoms with Gasteiger partial charge in [0.15, 0.2) is 0 Å². The SMILES string of the molecule is CC(C)N1C(=O)c2ccc(C(=O)N(C)CCCC(=O)OC(C)(C)C)cc2S1(=O)=O. The highest BCUT2D eigenvalue weighted by Crippen LogP contribution is 2.32. The Morgan fingerprint density at radius 1 is 1.21 bits per heavy atom. The highest BCUT2D eigenvalue weighted by atomic mass is 32.2. The van der Waals surface area contributed by atoms with Crippen molar-refractivity contribution >= 4 is 27.8 Å². The van der Waals surface area contributed by atoms with Crippen LogP contribution < -0.4 is 0 Å². The largest absolute Gasteiger partial charge is 0.460 e. The Kier molecular flexibility index (Phi) is 6.42. The first-order valence-corrected chi connectivity index (χ1v) is 10.9. The minimum atomic E-state index is -3.97. The monoisotopic (exact) mass is 424 g/mol. The summed E-state index contributed by atoms with van der Waals surface area (Å²) < 4.78 is 31.4. The lowest BCUT2D eigenvalue weighted by atomic mass is 10.1. The lowest BCUT2D eigenvalue weighted by molar-refractivity contribution is -0.154. The molecular formula is C20H28N2O6S. The van der Waals surface area contributed by atoms with Crippen LogP contribution in [0.3, 0.4) is 0 Å². The molecule has 29 heavy (non-hydrogen) atoms. The third kappa shape index (κ3) is 4.95. The first kappa shape index (κ1) is 22.9. The molecule has 0 fully saturated rings. The van der Waals surface area contributed by atoms with Crippen LogP contribution in [-0.2, 0) is 19.6 Å². The zero-order valence-electron chi connectivity index (χ0n) is 17.7.